The Morgan fingerprint density at radius 2 is 1.94 bits per heavy atom. The zero-order chi connectivity index (χ0) is 12.3. The van der Waals surface area contributed by atoms with E-state index in [2.05, 4.69) is 0 Å². The second kappa shape index (κ2) is 4.66. The molecular weight excluding hydrogens is 204 g/mol. The monoisotopic (exact) mass is 222 g/mol. The average Bonchev–Trinajstić information content (AvgIpc) is 2.16. The lowest BCUT2D eigenvalue weighted by Crippen LogP contribution is -2.20. The number of hydrogen-bond donors (Lipinski definition) is 2. The lowest BCUT2D eigenvalue weighted by atomic mass is 9.89. The van der Waals surface area contributed by atoms with Crippen molar-refractivity contribution in [2.45, 2.75) is 32.8 Å². The summed E-state index contributed by atoms with van der Waals surface area (Å²) in [5.74, 6) is -1.26. The van der Waals surface area contributed by atoms with Crippen molar-refractivity contribution in [2.24, 2.45) is 5.92 Å². The minimum Gasteiger partial charge on any atom is -0.481 e. The number of hydrogen-bond acceptors (Lipinski definition) is 2. The van der Waals surface area contributed by atoms with Crippen molar-refractivity contribution in [3.8, 4) is 0 Å². The number of carboxylic acids is 1. The van der Waals surface area contributed by atoms with E-state index in [0.29, 0.717) is 6.42 Å². The van der Waals surface area contributed by atoms with E-state index >= 15 is 0 Å². The van der Waals surface area contributed by atoms with Gasteiger partial charge in [0.1, 0.15) is 0 Å². The second-order valence-electron chi connectivity index (χ2n) is 4.66. The van der Waals surface area contributed by atoms with E-state index in [9.17, 15) is 9.90 Å². The first-order valence-corrected chi connectivity index (χ1v) is 5.36. The number of carbonyl (C=O) groups is 1. The molecule has 3 heteroatoms. The van der Waals surface area contributed by atoms with Crippen molar-refractivity contribution in [1.29, 1.82) is 0 Å². The summed E-state index contributed by atoms with van der Waals surface area (Å²) in [4.78, 5) is 10.8. The van der Waals surface area contributed by atoms with E-state index in [1.807, 2.05) is 24.3 Å². The molecule has 0 saturated carbocycles. The third-order valence-corrected chi connectivity index (χ3v) is 2.62. The molecule has 1 aromatic carbocycles. The molecule has 0 saturated heterocycles. The minimum absolute atomic E-state index is 0.440. The minimum atomic E-state index is -0.936. The van der Waals surface area contributed by atoms with Crippen molar-refractivity contribution < 1.29 is 15.0 Å². The summed E-state index contributed by atoms with van der Waals surface area (Å²) in [6.45, 7) is 5.08. The number of aliphatic carboxylic acids is 1. The van der Waals surface area contributed by atoms with E-state index < -0.39 is 17.5 Å². The van der Waals surface area contributed by atoms with Crippen LogP contribution in [0.5, 0.6) is 0 Å². The standard InChI is InChI=1S/C13H18O3/c1-9(12(14)15)8-10-6-4-5-7-11(10)13(2,3)16/h4-7,9,16H,8H2,1-3H3,(H,14,15). The summed E-state index contributed by atoms with van der Waals surface area (Å²) < 4.78 is 0. The number of carboxylic acid groups (broad SMARTS) is 1. The maximum Gasteiger partial charge on any atom is 0.306 e. The van der Waals surface area contributed by atoms with Gasteiger partial charge in [-0.15, -0.1) is 0 Å². The molecule has 1 rings (SSSR count). The summed E-state index contributed by atoms with van der Waals surface area (Å²) in [6.07, 6.45) is 0.440. The van der Waals surface area contributed by atoms with Crippen molar-refractivity contribution in [2.75, 3.05) is 0 Å². The van der Waals surface area contributed by atoms with Gasteiger partial charge in [-0.2, -0.15) is 0 Å². The van der Waals surface area contributed by atoms with Crippen molar-refractivity contribution in [3.05, 3.63) is 35.4 Å². The van der Waals surface area contributed by atoms with Crippen LogP contribution in [0.25, 0.3) is 0 Å². The largest absolute Gasteiger partial charge is 0.481 e. The molecule has 0 amide bonds. The van der Waals surface area contributed by atoms with Crippen LogP contribution in [0.1, 0.15) is 31.9 Å². The van der Waals surface area contributed by atoms with Gasteiger partial charge in [0.15, 0.2) is 0 Å². The molecule has 0 bridgehead atoms. The maximum absolute atomic E-state index is 10.8. The molecule has 0 radical (unpaired) electrons. The average molecular weight is 222 g/mol. The molecule has 0 spiro atoms. The molecular formula is C13H18O3. The lowest BCUT2D eigenvalue weighted by Gasteiger charge is -2.22. The zero-order valence-electron chi connectivity index (χ0n) is 9.90. The third-order valence-electron chi connectivity index (χ3n) is 2.62. The Morgan fingerprint density at radius 1 is 1.38 bits per heavy atom. The number of aliphatic hydroxyl groups is 1. The van der Waals surface area contributed by atoms with Crippen LogP contribution in [0.15, 0.2) is 24.3 Å². The maximum atomic E-state index is 10.8. The fourth-order valence-electron chi connectivity index (χ4n) is 1.71. The van der Waals surface area contributed by atoms with Crippen molar-refractivity contribution in [3.63, 3.8) is 0 Å². The highest BCUT2D eigenvalue weighted by Gasteiger charge is 2.21. The molecule has 0 aromatic heterocycles. The van der Waals surface area contributed by atoms with Crippen molar-refractivity contribution in [1.82, 2.24) is 0 Å². The van der Waals surface area contributed by atoms with Gasteiger partial charge in [-0.05, 0) is 31.4 Å². The van der Waals surface area contributed by atoms with Crippen LogP contribution >= 0.6 is 0 Å². The van der Waals surface area contributed by atoms with Gasteiger partial charge < -0.3 is 10.2 Å². The third kappa shape index (κ3) is 3.07. The highest BCUT2D eigenvalue weighted by Crippen LogP contribution is 2.25. The predicted molar refractivity (Wildman–Crippen MR) is 62.2 cm³/mol. The normalized spacial score (nSPS) is 13.5. The summed E-state index contributed by atoms with van der Waals surface area (Å²) >= 11 is 0. The predicted octanol–water partition coefficient (Wildman–Crippen LogP) is 2.18. The quantitative estimate of drug-likeness (QED) is 0.821. The molecule has 16 heavy (non-hydrogen) atoms. The Bertz CT molecular complexity index is 377. The van der Waals surface area contributed by atoms with Gasteiger partial charge in [-0.1, -0.05) is 31.2 Å². The molecule has 1 aromatic rings. The Kier molecular flexibility index (Phi) is 3.70. The van der Waals surface area contributed by atoms with E-state index in [-0.39, 0.29) is 0 Å². The van der Waals surface area contributed by atoms with Crippen LogP contribution in [0.2, 0.25) is 0 Å². The van der Waals surface area contributed by atoms with Gasteiger partial charge in [0, 0.05) is 0 Å². The topological polar surface area (TPSA) is 57.5 Å². The van der Waals surface area contributed by atoms with E-state index in [1.54, 1.807) is 20.8 Å². The van der Waals surface area contributed by atoms with Crippen molar-refractivity contribution >= 4 is 5.97 Å². The summed E-state index contributed by atoms with van der Waals surface area (Å²) in [5.41, 5.74) is 0.752. The first kappa shape index (κ1) is 12.7. The fourth-order valence-corrected chi connectivity index (χ4v) is 1.71. The molecule has 1 atom stereocenters. The van der Waals surface area contributed by atoms with Gasteiger partial charge in [0.25, 0.3) is 0 Å². The second-order valence-corrected chi connectivity index (χ2v) is 4.66. The van der Waals surface area contributed by atoms with Crippen LogP contribution < -0.4 is 0 Å². The molecule has 0 aliphatic rings. The smallest absolute Gasteiger partial charge is 0.306 e. The molecule has 88 valence electrons. The number of benzene rings is 1. The SMILES string of the molecule is CC(Cc1ccccc1C(C)(C)O)C(=O)O. The summed E-state index contributed by atoms with van der Waals surface area (Å²) in [7, 11) is 0. The summed E-state index contributed by atoms with van der Waals surface area (Å²) in [5, 5.41) is 18.8. The fraction of sp³-hybridized carbons (Fsp3) is 0.462. The van der Waals surface area contributed by atoms with E-state index in [0.717, 1.165) is 11.1 Å². The van der Waals surface area contributed by atoms with Gasteiger partial charge in [0.05, 0.1) is 11.5 Å². The van der Waals surface area contributed by atoms with Crippen LogP contribution in [-0.4, -0.2) is 16.2 Å². The van der Waals surface area contributed by atoms with Gasteiger partial charge in [-0.25, -0.2) is 0 Å². The molecule has 0 aliphatic heterocycles. The molecule has 2 N–H and O–H groups in total. The van der Waals surface area contributed by atoms with Crippen LogP contribution in [0.3, 0.4) is 0 Å². The first-order valence-electron chi connectivity index (χ1n) is 5.36. The van der Waals surface area contributed by atoms with E-state index in [4.69, 9.17) is 5.11 Å². The molecule has 0 fully saturated rings. The lowest BCUT2D eigenvalue weighted by molar-refractivity contribution is -0.141. The molecule has 1 unspecified atom stereocenters. The Labute approximate surface area is 95.7 Å². The zero-order valence-corrected chi connectivity index (χ0v) is 9.90. The van der Waals surface area contributed by atoms with Crippen LogP contribution in [-0.2, 0) is 16.8 Å². The Morgan fingerprint density at radius 3 is 2.44 bits per heavy atom. The van der Waals surface area contributed by atoms with Gasteiger partial charge in [0.2, 0.25) is 0 Å². The molecule has 0 aliphatic carbocycles. The van der Waals surface area contributed by atoms with E-state index in [1.165, 1.54) is 0 Å². The van der Waals surface area contributed by atoms with Gasteiger partial charge in [-0.3, -0.25) is 4.79 Å². The molecule has 3 nitrogen and oxygen atoms in total. The highest BCUT2D eigenvalue weighted by atomic mass is 16.4. The Balaban J connectivity index is 3.01. The Hall–Kier alpha value is -1.35. The van der Waals surface area contributed by atoms with Gasteiger partial charge >= 0.3 is 5.97 Å². The van der Waals surface area contributed by atoms with Crippen LogP contribution in [0.4, 0.5) is 0 Å². The first-order chi connectivity index (χ1) is 7.32. The molecule has 0 heterocycles. The highest BCUT2D eigenvalue weighted by molar-refractivity contribution is 5.70. The van der Waals surface area contributed by atoms with Crippen LogP contribution in [0, 0.1) is 5.92 Å². The summed E-state index contributed by atoms with van der Waals surface area (Å²) in [6, 6.07) is 7.41. The number of rotatable bonds is 4.